The average molecular weight is 339 g/mol. The van der Waals surface area contributed by atoms with Crippen LogP contribution < -0.4 is 4.74 Å². The van der Waals surface area contributed by atoms with Gasteiger partial charge in [0.2, 0.25) is 0 Å². The van der Waals surface area contributed by atoms with Gasteiger partial charge in [-0.3, -0.25) is 9.89 Å². The van der Waals surface area contributed by atoms with Crippen molar-refractivity contribution in [2.45, 2.75) is 51.0 Å². The maximum Gasteiger partial charge on any atom is 0.257 e. The second-order valence-electron chi connectivity index (χ2n) is 7.23. The van der Waals surface area contributed by atoms with Crippen molar-refractivity contribution in [3.63, 3.8) is 0 Å². The minimum absolute atomic E-state index is 0.0758. The van der Waals surface area contributed by atoms with Crippen molar-refractivity contribution < 1.29 is 9.53 Å². The van der Waals surface area contributed by atoms with Gasteiger partial charge in [-0.25, -0.2) is 0 Å². The van der Waals surface area contributed by atoms with Crippen LogP contribution >= 0.6 is 0 Å². The zero-order valence-electron chi connectivity index (χ0n) is 14.7. The number of aryl methyl sites for hydroxylation is 1. The molecule has 5 heteroatoms. The molecule has 0 radical (unpaired) electrons. The van der Waals surface area contributed by atoms with Crippen molar-refractivity contribution in [2.75, 3.05) is 13.1 Å². The number of hydrogen-bond acceptors (Lipinski definition) is 3. The predicted octanol–water partition coefficient (Wildman–Crippen LogP) is 3.67. The van der Waals surface area contributed by atoms with Crippen LogP contribution in [0.3, 0.4) is 0 Å². The van der Waals surface area contributed by atoms with Gasteiger partial charge in [-0.1, -0.05) is 12.1 Å². The first-order valence-electron chi connectivity index (χ1n) is 9.27. The number of rotatable bonds is 4. The molecule has 1 saturated carbocycles. The number of likely N-dealkylation sites (tertiary alicyclic amines) is 1. The third-order valence-electron chi connectivity index (χ3n) is 5.32. The molecule has 25 heavy (non-hydrogen) atoms. The first-order valence-corrected chi connectivity index (χ1v) is 9.27. The van der Waals surface area contributed by atoms with Crippen molar-refractivity contribution in [2.24, 2.45) is 0 Å². The van der Waals surface area contributed by atoms with Crippen molar-refractivity contribution in [3.8, 4) is 5.75 Å². The number of para-hydroxylation sites is 1. The van der Waals surface area contributed by atoms with Crippen LogP contribution in [0.1, 0.15) is 59.8 Å². The number of piperidine rings is 1. The molecule has 5 nitrogen and oxygen atoms in total. The van der Waals surface area contributed by atoms with Gasteiger partial charge in [0.05, 0.1) is 17.4 Å². The molecule has 1 aliphatic carbocycles. The summed E-state index contributed by atoms with van der Waals surface area (Å²) in [5.41, 5.74) is 2.82. The summed E-state index contributed by atoms with van der Waals surface area (Å²) in [6, 6.07) is 9.75. The number of nitrogens with zero attached hydrogens (tertiary/aromatic N) is 2. The molecule has 1 aliphatic heterocycles. The molecule has 1 amide bonds. The highest BCUT2D eigenvalue weighted by Crippen LogP contribution is 2.31. The fourth-order valence-corrected chi connectivity index (χ4v) is 3.64. The molecule has 0 spiro atoms. The minimum atomic E-state index is 0.0758. The van der Waals surface area contributed by atoms with Crippen molar-refractivity contribution in [1.29, 1.82) is 0 Å². The van der Waals surface area contributed by atoms with E-state index in [0.717, 1.165) is 55.9 Å². The number of ether oxygens (including phenoxy) is 1. The van der Waals surface area contributed by atoms with E-state index >= 15 is 0 Å². The standard InChI is InChI=1S/C20H25N3O2/c1-14-12-18(22-21-14)15-6-5-11-23(13-15)20(24)17-9-2-3-10-19(17)25-16-7-4-8-16/h2-3,9-10,12,15-16H,4-8,11,13H2,1H3,(H,21,22)/t15-/m1/s1. The highest BCUT2D eigenvalue weighted by Gasteiger charge is 2.29. The first-order chi connectivity index (χ1) is 12.2. The topological polar surface area (TPSA) is 58.2 Å². The number of carbonyl (C=O) groups is 1. The molecule has 1 aromatic heterocycles. The molecule has 2 fully saturated rings. The van der Waals surface area contributed by atoms with Crippen LogP contribution in [0.4, 0.5) is 0 Å². The highest BCUT2D eigenvalue weighted by molar-refractivity contribution is 5.97. The molecule has 1 N–H and O–H groups in total. The Hall–Kier alpha value is -2.30. The van der Waals surface area contributed by atoms with E-state index in [2.05, 4.69) is 16.3 Å². The predicted molar refractivity (Wildman–Crippen MR) is 95.9 cm³/mol. The SMILES string of the molecule is Cc1cc([C@@H]2CCCN(C(=O)c3ccccc3OC3CCC3)C2)n[nH]1. The lowest BCUT2D eigenvalue weighted by molar-refractivity contribution is 0.0689. The Morgan fingerprint density at radius 2 is 2.08 bits per heavy atom. The van der Waals surface area contributed by atoms with Crippen LogP contribution in [0.15, 0.2) is 30.3 Å². The van der Waals surface area contributed by atoms with Gasteiger partial charge in [-0.2, -0.15) is 5.10 Å². The molecule has 1 saturated heterocycles. The maximum absolute atomic E-state index is 13.1. The number of aromatic amines is 1. The molecule has 2 aromatic rings. The van der Waals surface area contributed by atoms with Crippen LogP contribution in [-0.2, 0) is 0 Å². The van der Waals surface area contributed by atoms with Crippen LogP contribution in [0, 0.1) is 6.92 Å². The molecule has 1 aromatic carbocycles. The van der Waals surface area contributed by atoms with Gasteiger partial charge >= 0.3 is 0 Å². The summed E-state index contributed by atoms with van der Waals surface area (Å²) in [5.74, 6) is 1.11. The third kappa shape index (κ3) is 3.41. The van der Waals surface area contributed by atoms with Gasteiger partial charge in [0.25, 0.3) is 5.91 Å². The monoisotopic (exact) mass is 339 g/mol. The summed E-state index contributed by atoms with van der Waals surface area (Å²) in [7, 11) is 0. The number of carbonyl (C=O) groups excluding carboxylic acids is 1. The molecule has 2 heterocycles. The number of aromatic nitrogens is 2. The zero-order valence-corrected chi connectivity index (χ0v) is 14.7. The highest BCUT2D eigenvalue weighted by atomic mass is 16.5. The van der Waals surface area contributed by atoms with Crippen molar-refractivity contribution in [1.82, 2.24) is 15.1 Å². The van der Waals surface area contributed by atoms with Gasteiger partial charge in [-0.05, 0) is 57.2 Å². The minimum Gasteiger partial charge on any atom is -0.490 e. The smallest absolute Gasteiger partial charge is 0.257 e. The number of amides is 1. The van der Waals surface area contributed by atoms with E-state index in [0.29, 0.717) is 11.5 Å². The molecular formula is C20H25N3O2. The van der Waals surface area contributed by atoms with Crippen molar-refractivity contribution >= 4 is 5.91 Å². The van der Waals surface area contributed by atoms with E-state index in [1.54, 1.807) is 0 Å². The van der Waals surface area contributed by atoms with E-state index in [9.17, 15) is 4.79 Å². The summed E-state index contributed by atoms with van der Waals surface area (Å²) in [6.07, 6.45) is 5.76. The molecular weight excluding hydrogens is 314 g/mol. The summed E-state index contributed by atoms with van der Waals surface area (Å²) >= 11 is 0. The quantitative estimate of drug-likeness (QED) is 0.924. The Bertz CT molecular complexity index is 751. The van der Waals surface area contributed by atoms with Gasteiger partial charge in [0.15, 0.2) is 0 Å². The molecule has 4 rings (SSSR count). The number of nitrogens with one attached hydrogen (secondary N) is 1. The fourth-order valence-electron chi connectivity index (χ4n) is 3.64. The van der Waals surface area contributed by atoms with E-state index in [1.807, 2.05) is 36.1 Å². The molecule has 2 aliphatic rings. The zero-order chi connectivity index (χ0) is 17.2. The Balaban J connectivity index is 1.50. The average Bonchev–Trinajstić information content (AvgIpc) is 3.04. The second-order valence-corrected chi connectivity index (χ2v) is 7.23. The maximum atomic E-state index is 13.1. The van der Waals surface area contributed by atoms with E-state index in [1.165, 1.54) is 6.42 Å². The first kappa shape index (κ1) is 16.2. The lowest BCUT2D eigenvalue weighted by Crippen LogP contribution is -2.39. The Labute approximate surface area is 148 Å². The second kappa shape index (κ2) is 6.90. The summed E-state index contributed by atoms with van der Waals surface area (Å²) in [6.45, 7) is 3.54. The molecule has 1 atom stereocenters. The summed E-state index contributed by atoms with van der Waals surface area (Å²) in [4.78, 5) is 15.1. The Morgan fingerprint density at radius 1 is 1.24 bits per heavy atom. The Kier molecular flexibility index (Phi) is 4.47. The molecule has 0 unspecified atom stereocenters. The summed E-state index contributed by atoms with van der Waals surface area (Å²) in [5, 5.41) is 7.41. The number of hydrogen-bond donors (Lipinski definition) is 1. The number of H-pyrrole nitrogens is 1. The van der Waals surface area contributed by atoms with Crippen LogP contribution in [0.25, 0.3) is 0 Å². The van der Waals surface area contributed by atoms with Gasteiger partial charge in [0.1, 0.15) is 5.75 Å². The van der Waals surface area contributed by atoms with E-state index < -0.39 is 0 Å². The van der Waals surface area contributed by atoms with Crippen LogP contribution in [0.2, 0.25) is 0 Å². The molecule has 132 valence electrons. The largest absolute Gasteiger partial charge is 0.490 e. The van der Waals surface area contributed by atoms with Crippen LogP contribution in [-0.4, -0.2) is 40.2 Å². The molecule has 0 bridgehead atoms. The van der Waals surface area contributed by atoms with E-state index in [4.69, 9.17) is 4.74 Å². The van der Waals surface area contributed by atoms with Gasteiger partial charge < -0.3 is 9.64 Å². The van der Waals surface area contributed by atoms with Crippen molar-refractivity contribution in [3.05, 3.63) is 47.3 Å². The van der Waals surface area contributed by atoms with Gasteiger partial charge in [0, 0.05) is 24.7 Å². The van der Waals surface area contributed by atoms with Gasteiger partial charge in [-0.15, -0.1) is 0 Å². The normalized spacial score (nSPS) is 21.0. The fraction of sp³-hybridized carbons (Fsp3) is 0.500. The third-order valence-corrected chi connectivity index (χ3v) is 5.32. The lowest BCUT2D eigenvalue weighted by atomic mass is 9.94. The van der Waals surface area contributed by atoms with Crippen LogP contribution in [0.5, 0.6) is 5.75 Å². The summed E-state index contributed by atoms with van der Waals surface area (Å²) < 4.78 is 6.04. The number of benzene rings is 1. The lowest BCUT2D eigenvalue weighted by Gasteiger charge is -2.33. The Morgan fingerprint density at radius 3 is 2.80 bits per heavy atom. The van der Waals surface area contributed by atoms with E-state index in [-0.39, 0.29) is 12.0 Å².